The first-order valence-electron chi connectivity index (χ1n) is 5.57. The van der Waals surface area contributed by atoms with Gasteiger partial charge in [-0.05, 0) is 7.05 Å². The molecule has 5 nitrogen and oxygen atoms in total. The van der Waals surface area contributed by atoms with Crippen LogP contribution in [0.4, 0.5) is 0 Å². The third kappa shape index (κ3) is 7.23. The van der Waals surface area contributed by atoms with Crippen LogP contribution in [0.5, 0.6) is 0 Å². The first-order chi connectivity index (χ1) is 7.38. The molecule has 0 aromatic rings. The van der Waals surface area contributed by atoms with Crippen molar-refractivity contribution in [2.24, 2.45) is 5.41 Å². The second-order valence-corrected chi connectivity index (χ2v) is 4.71. The summed E-state index contributed by atoms with van der Waals surface area (Å²) in [5.41, 5.74) is -0.400. The van der Waals surface area contributed by atoms with E-state index in [-0.39, 0.29) is 11.8 Å². The van der Waals surface area contributed by atoms with Gasteiger partial charge < -0.3 is 16.0 Å². The largest absolute Gasteiger partial charge is 0.355 e. The highest BCUT2D eigenvalue weighted by Gasteiger charge is 2.20. The predicted molar refractivity (Wildman–Crippen MR) is 64.0 cm³/mol. The van der Waals surface area contributed by atoms with Gasteiger partial charge >= 0.3 is 0 Å². The molecule has 0 aliphatic carbocycles. The van der Waals surface area contributed by atoms with Crippen LogP contribution in [0.2, 0.25) is 0 Å². The maximum absolute atomic E-state index is 11.5. The van der Waals surface area contributed by atoms with Gasteiger partial charge in [0.1, 0.15) is 0 Å². The Bertz CT molecular complexity index is 234. The van der Waals surface area contributed by atoms with Gasteiger partial charge in [-0.25, -0.2) is 0 Å². The zero-order valence-electron chi connectivity index (χ0n) is 10.6. The fraction of sp³-hybridized carbons (Fsp3) is 0.818. The molecule has 0 unspecified atom stereocenters. The van der Waals surface area contributed by atoms with Gasteiger partial charge in [0.2, 0.25) is 11.8 Å². The zero-order valence-corrected chi connectivity index (χ0v) is 10.6. The van der Waals surface area contributed by atoms with Gasteiger partial charge in [0, 0.05) is 31.5 Å². The zero-order chi connectivity index (χ0) is 12.6. The molecule has 5 heteroatoms. The average Bonchev–Trinajstić information content (AvgIpc) is 2.16. The van der Waals surface area contributed by atoms with Gasteiger partial charge in [-0.15, -0.1) is 0 Å². The molecule has 0 heterocycles. The van der Waals surface area contributed by atoms with Crippen LogP contribution >= 0.6 is 0 Å². The second kappa shape index (κ2) is 7.22. The van der Waals surface area contributed by atoms with Crippen molar-refractivity contribution in [2.45, 2.75) is 27.2 Å². The topological polar surface area (TPSA) is 70.2 Å². The SMILES string of the molecule is CNCCNC(=O)CCNC(=O)C(C)(C)C. The van der Waals surface area contributed by atoms with E-state index >= 15 is 0 Å². The van der Waals surface area contributed by atoms with Gasteiger partial charge in [-0.1, -0.05) is 20.8 Å². The first-order valence-corrected chi connectivity index (χ1v) is 5.57. The molecule has 0 radical (unpaired) electrons. The minimum Gasteiger partial charge on any atom is -0.355 e. The summed E-state index contributed by atoms with van der Waals surface area (Å²) in [4.78, 5) is 22.7. The summed E-state index contributed by atoms with van der Waals surface area (Å²) in [5, 5.41) is 8.40. The highest BCUT2D eigenvalue weighted by molar-refractivity contribution is 5.82. The van der Waals surface area contributed by atoms with E-state index < -0.39 is 5.41 Å². The van der Waals surface area contributed by atoms with Crippen LogP contribution in [0.1, 0.15) is 27.2 Å². The number of rotatable bonds is 6. The second-order valence-electron chi connectivity index (χ2n) is 4.71. The van der Waals surface area contributed by atoms with Crippen LogP contribution in [-0.4, -0.2) is 38.5 Å². The van der Waals surface area contributed by atoms with E-state index in [9.17, 15) is 9.59 Å². The Balaban J connectivity index is 3.59. The Morgan fingerprint density at radius 1 is 1.00 bits per heavy atom. The van der Waals surface area contributed by atoms with Gasteiger partial charge in [-0.3, -0.25) is 9.59 Å². The van der Waals surface area contributed by atoms with Crippen LogP contribution in [0.3, 0.4) is 0 Å². The van der Waals surface area contributed by atoms with Crippen molar-refractivity contribution in [3.63, 3.8) is 0 Å². The van der Waals surface area contributed by atoms with E-state index in [0.717, 1.165) is 6.54 Å². The molecule has 0 aliphatic heterocycles. The Hall–Kier alpha value is -1.10. The lowest BCUT2D eigenvalue weighted by Crippen LogP contribution is -2.38. The van der Waals surface area contributed by atoms with Crippen molar-refractivity contribution in [2.75, 3.05) is 26.7 Å². The van der Waals surface area contributed by atoms with Crippen LogP contribution in [-0.2, 0) is 9.59 Å². The summed E-state index contributed by atoms with van der Waals surface area (Å²) in [5.74, 6) is -0.0695. The highest BCUT2D eigenvalue weighted by Crippen LogP contribution is 2.11. The molecule has 0 fully saturated rings. The average molecular weight is 229 g/mol. The number of nitrogens with one attached hydrogen (secondary N) is 3. The Labute approximate surface area is 97.4 Å². The van der Waals surface area contributed by atoms with Gasteiger partial charge in [0.05, 0.1) is 0 Å². The fourth-order valence-electron chi connectivity index (χ4n) is 0.970. The number of hydrogen-bond acceptors (Lipinski definition) is 3. The van der Waals surface area contributed by atoms with E-state index in [0.29, 0.717) is 19.5 Å². The number of carbonyl (C=O) groups excluding carboxylic acids is 2. The van der Waals surface area contributed by atoms with Gasteiger partial charge in [0.15, 0.2) is 0 Å². The Morgan fingerprint density at radius 3 is 2.12 bits per heavy atom. The van der Waals surface area contributed by atoms with Crippen LogP contribution in [0, 0.1) is 5.41 Å². The maximum Gasteiger partial charge on any atom is 0.225 e. The summed E-state index contributed by atoms with van der Waals surface area (Å²) in [6.07, 6.45) is 0.325. The van der Waals surface area contributed by atoms with Crippen molar-refractivity contribution < 1.29 is 9.59 Å². The van der Waals surface area contributed by atoms with Crippen molar-refractivity contribution in [1.82, 2.24) is 16.0 Å². The summed E-state index contributed by atoms with van der Waals surface area (Å²) < 4.78 is 0. The molecule has 0 bridgehead atoms. The minimum atomic E-state index is -0.400. The first kappa shape index (κ1) is 14.9. The van der Waals surface area contributed by atoms with Crippen LogP contribution in [0.25, 0.3) is 0 Å². The normalized spacial score (nSPS) is 11.0. The quantitative estimate of drug-likeness (QED) is 0.556. The molecule has 0 spiro atoms. The molecular weight excluding hydrogens is 206 g/mol. The van der Waals surface area contributed by atoms with Gasteiger partial charge in [0.25, 0.3) is 0 Å². The lowest BCUT2D eigenvalue weighted by molar-refractivity contribution is -0.128. The summed E-state index contributed by atoms with van der Waals surface area (Å²) >= 11 is 0. The molecule has 2 amide bonds. The third-order valence-corrected chi connectivity index (χ3v) is 2.02. The lowest BCUT2D eigenvalue weighted by atomic mass is 9.96. The molecule has 16 heavy (non-hydrogen) atoms. The molecule has 0 atom stereocenters. The molecular formula is C11H23N3O2. The Kier molecular flexibility index (Phi) is 6.72. The predicted octanol–water partition coefficient (Wildman–Crippen LogP) is -0.126. The maximum atomic E-state index is 11.5. The van der Waals surface area contributed by atoms with Gasteiger partial charge in [-0.2, -0.15) is 0 Å². The molecule has 0 saturated carbocycles. The number of amides is 2. The van der Waals surface area contributed by atoms with E-state index in [1.165, 1.54) is 0 Å². The number of likely N-dealkylation sites (N-methyl/N-ethyl adjacent to an activating group) is 1. The van der Waals surface area contributed by atoms with E-state index in [1.807, 2.05) is 27.8 Å². The standard InChI is InChI=1S/C11H23N3O2/c1-11(2,3)10(16)14-6-5-9(15)13-8-7-12-4/h12H,5-8H2,1-4H3,(H,13,15)(H,14,16). The summed E-state index contributed by atoms with van der Waals surface area (Å²) in [7, 11) is 1.83. The third-order valence-electron chi connectivity index (χ3n) is 2.02. The van der Waals surface area contributed by atoms with Crippen LogP contribution in [0.15, 0.2) is 0 Å². The highest BCUT2D eigenvalue weighted by atomic mass is 16.2. The molecule has 0 aliphatic rings. The van der Waals surface area contributed by atoms with Crippen molar-refractivity contribution in [3.8, 4) is 0 Å². The Morgan fingerprint density at radius 2 is 1.62 bits per heavy atom. The van der Waals surface area contributed by atoms with Crippen molar-refractivity contribution in [1.29, 1.82) is 0 Å². The fourth-order valence-corrected chi connectivity index (χ4v) is 0.970. The molecule has 0 aromatic carbocycles. The molecule has 0 aromatic heterocycles. The summed E-state index contributed by atoms with van der Waals surface area (Å²) in [6, 6.07) is 0. The lowest BCUT2D eigenvalue weighted by Gasteiger charge is -2.17. The number of hydrogen-bond donors (Lipinski definition) is 3. The van der Waals surface area contributed by atoms with E-state index in [2.05, 4.69) is 16.0 Å². The van der Waals surface area contributed by atoms with E-state index in [1.54, 1.807) is 0 Å². The van der Waals surface area contributed by atoms with E-state index in [4.69, 9.17) is 0 Å². The smallest absolute Gasteiger partial charge is 0.225 e. The number of carbonyl (C=O) groups is 2. The van der Waals surface area contributed by atoms with Crippen molar-refractivity contribution >= 4 is 11.8 Å². The summed E-state index contributed by atoms with van der Waals surface area (Å²) in [6.45, 7) is 7.28. The molecule has 3 N–H and O–H groups in total. The molecule has 0 saturated heterocycles. The monoisotopic (exact) mass is 229 g/mol. The van der Waals surface area contributed by atoms with Crippen LogP contribution < -0.4 is 16.0 Å². The molecule has 0 rings (SSSR count). The van der Waals surface area contributed by atoms with Crippen molar-refractivity contribution in [3.05, 3.63) is 0 Å². The minimum absolute atomic E-state index is 0.0319. The molecule has 94 valence electrons.